The fourth-order valence-corrected chi connectivity index (χ4v) is 2.89. The van der Waals surface area contributed by atoms with E-state index in [0.717, 1.165) is 18.7 Å². The average Bonchev–Trinajstić information content (AvgIpc) is 2.32. The number of rotatable bonds is 2. The zero-order chi connectivity index (χ0) is 14.0. The smallest absolute Gasteiger partial charge is 0.227 e. The van der Waals surface area contributed by atoms with Crippen LogP contribution < -0.4 is 5.32 Å². The predicted octanol–water partition coefficient (Wildman–Crippen LogP) is 2.34. The van der Waals surface area contributed by atoms with E-state index in [4.69, 9.17) is 0 Å². The van der Waals surface area contributed by atoms with Crippen molar-refractivity contribution in [1.82, 2.24) is 10.2 Å². The molecule has 104 valence electrons. The van der Waals surface area contributed by atoms with Gasteiger partial charge in [0, 0.05) is 25.2 Å². The number of nitrogens with one attached hydrogen (secondary N) is 1. The van der Waals surface area contributed by atoms with Gasteiger partial charge in [0.15, 0.2) is 0 Å². The Kier molecular flexibility index (Phi) is 4.58. The second kappa shape index (κ2) is 6.01. The number of carbonyl (C=O) groups excluding carboxylic acids is 1. The molecule has 0 radical (unpaired) electrons. The summed E-state index contributed by atoms with van der Waals surface area (Å²) in [5.74, 6) is -0.209. The van der Waals surface area contributed by atoms with Crippen molar-refractivity contribution in [3.8, 4) is 0 Å². The first-order valence-electron chi connectivity index (χ1n) is 6.43. The summed E-state index contributed by atoms with van der Waals surface area (Å²) in [7, 11) is 0. The Hall–Kier alpha value is -0.940. The monoisotopic (exact) mass is 328 g/mol. The highest BCUT2D eigenvalue weighted by Gasteiger charge is 2.24. The van der Waals surface area contributed by atoms with Gasteiger partial charge >= 0.3 is 0 Å². The van der Waals surface area contributed by atoms with E-state index in [1.165, 1.54) is 6.07 Å². The third-order valence-electron chi connectivity index (χ3n) is 3.25. The molecule has 0 spiro atoms. The maximum absolute atomic E-state index is 13.1. The molecule has 1 aliphatic heterocycles. The van der Waals surface area contributed by atoms with Crippen LogP contribution in [-0.4, -0.2) is 36.0 Å². The van der Waals surface area contributed by atoms with Crippen LogP contribution in [0, 0.1) is 5.82 Å². The van der Waals surface area contributed by atoms with Gasteiger partial charge in [0.1, 0.15) is 5.82 Å². The number of amides is 1. The van der Waals surface area contributed by atoms with Gasteiger partial charge in [0.05, 0.1) is 10.9 Å². The molecule has 2 unspecified atom stereocenters. The molecular weight excluding hydrogens is 311 g/mol. The van der Waals surface area contributed by atoms with Crippen LogP contribution in [0.2, 0.25) is 0 Å². The van der Waals surface area contributed by atoms with Crippen LogP contribution in [0.3, 0.4) is 0 Å². The standard InChI is InChI=1S/C14H18BrFN2O/c1-9-7-18(8-10(2)17-9)14(19)6-11-3-4-13(16)12(15)5-11/h3-5,9-10,17H,6-8H2,1-2H3. The number of nitrogens with zero attached hydrogens (tertiary/aromatic N) is 1. The van der Waals surface area contributed by atoms with Crippen LogP contribution in [-0.2, 0) is 11.2 Å². The molecule has 1 amide bonds. The second-order valence-corrected chi connectivity index (χ2v) is 6.05. The molecule has 1 saturated heterocycles. The van der Waals surface area contributed by atoms with Crippen molar-refractivity contribution in [2.75, 3.05) is 13.1 Å². The number of hydrogen-bond acceptors (Lipinski definition) is 2. The van der Waals surface area contributed by atoms with E-state index < -0.39 is 0 Å². The van der Waals surface area contributed by atoms with E-state index in [-0.39, 0.29) is 11.7 Å². The third-order valence-corrected chi connectivity index (χ3v) is 3.86. The van der Waals surface area contributed by atoms with Gasteiger partial charge in [-0.15, -0.1) is 0 Å². The molecule has 1 N–H and O–H groups in total. The van der Waals surface area contributed by atoms with Gasteiger partial charge < -0.3 is 10.2 Å². The van der Waals surface area contributed by atoms with Crippen LogP contribution in [0.25, 0.3) is 0 Å². The van der Waals surface area contributed by atoms with Crippen molar-refractivity contribution < 1.29 is 9.18 Å². The van der Waals surface area contributed by atoms with Crippen LogP contribution in [0.1, 0.15) is 19.4 Å². The van der Waals surface area contributed by atoms with Gasteiger partial charge in [0.2, 0.25) is 5.91 Å². The first-order valence-corrected chi connectivity index (χ1v) is 7.22. The van der Waals surface area contributed by atoms with Gasteiger partial charge in [-0.2, -0.15) is 0 Å². The van der Waals surface area contributed by atoms with E-state index in [0.29, 0.717) is 23.0 Å². The minimum absolute atomic E-state index is 0.0960. The Morgan fingerprint density at radius 1 is 1.42 bits per heavy atom. The molecule has 0 saturated carbocycles. The van der Waals surface area contributed by atoms with Crippen molar-refractivity contribution in [1.29, 1.82) is 0 Å². The Bertz CT molecular complexity index is 471. The van der Waals surface area contributed by atoms with Gasteiger partial charge in [-0.25, -0.2) is 4.39 Å². The van der Waals surface area contributed by atoms with Gasteiger partial charge in [-0.3, -0.25) is 4.79 Å². The summed E-state index contributed by atoms with van der Waals surface area (Å²) in [4.78, 5) is 14.1. The van der Waals surface area contributed by atoms with Crippen molar-refractivity contribution in [3.63, 3.8) is 0 Å². The Morgan fingerprint density at radius 3 is 2.63 bits per heavy atom. The molecule has 0 aromatic heterocycles. The summed E-state index contributed by atoms with van der Waals surface area (Å²) in [6.45, 7) is 5.60. The zero-order valence-electron chi connectivity index (χ0n) is 11.1. The summed E-state index contributed by atoms with van der Waals surface area (Å²) in [5, 5.41) is 3.39. The summed E-state index contributed by atoms with van der Waals surface area (Å²) >= 11 is 3.14. The number of piperazine rings is 1. The molecule has 1 heterocycles. The lowest BCUT2D eigenvalue weighted by molar-refractivity contribution is -0.132. The molecule has 0 aliphatic carbocycles. The Balaban J connectivity index is 2.02. The van der Waals surface area contributed by atoms with Crippen LogP contribution in [0.15, 0.2) is 22.7 Å². The minimum Gasteiger partial charge on any atom is -0.339 e. The molecule has 1 aliphatic rings. The number of carbonyl (C=O) groups is 1. The van der Waals surface area contributed by atoms with E-state index in [2.05, 4.69) is 35.1 Å². The fraction of sp³-hybridized carbons (Fsp3) is 0.500. The Labute approximate surface area is 121 Å². The van der Waals surface area contributed by atoms with Crippen molar-refractivity contribution in [2.45, 2.75) is 32.4 Å². The normalized spacial score (nSPS) is 23.5. The third kappa shape index (κ3) is 3.76. The molecule has 2 atom stereocenters. The summed E-state index contributed by atoms with van der Waals surface area (Å²) in [6, 6.07) is 5.34. The molecule has 19 heavy (non-hydrogen) atoms. The summed E-state index contributed by atoms with van der Waals surface area (Å²) in [5.41, 5.74) is 0.831. The van der Waals surface area contributed by atoms with Crippen molar-refractivity contribution >= 4 is 21.8 Å². The molecule has 1 aromatic carbocycles. The summed E-state index contributed by atoms with van der Waals surface area (Å²) in [6.07, 6.45) is 0.318. The highest BCUT2D eigenvalue weighted by atomic mass is 79.9. The van der Waals surface area contributed by atoms with Gasteiger partial charge in [-0.05, 0) is 47.5 Å². The number of halogens is 2. The van der Waals surface area contributed by atoms with E-state index in [9.17, 15) is 9.18 Å². The SMILES string of the molecule is CC1CN(C(=O)Cc2ccc(F)c(Br)c2)CC(C)N1. The summed E-state index contributed by atoms with van der Waals surface area (Å²) < 4.78 is 13.5. The minimum atomic E-state index is -0.305. The first-order chi connectivity index (χ1) is 8.95. The maximum Gasteiger partial charge on any atom is 0.227 e. The molecular formula is C14H18BrFN2O. The lowest BCUT2D eigenvalue weighted by atomic mass is 10.1. The molecule has 5 heteroatoms. The lowest BCUT2D eigenvalue weighted by Crippen LogP contribution is -2.56. The van der Waals surface area contributed by atoms with Gasteiger partial charge in [-0.1, -0.05) is 6.07 Å². The molecule has 3 nitrogen and oxygen atoms in total. The van der Waals surface area contributed by atoms with E-state index in [1.807, 2.05) is 4.90 Å². The topological polar surface area (TPSA) is 32.3 Å². The molecule has 1 fully saturated rings. The van der Waals surface area contributed by atoms with Crippen molar-refractivity contribution in [3.05, 3.63) is 34.1 Å². The molecule has 1 aromatic rings. The van der Waals surface area contributed by atoms with Crippen LogP contribution >= 0.6 is 15.9 Å². The average molecular weight is 329 g/mol. The molecule has 0 bridgehead atoms. The van der Waals surface area contributed by atoms with Crippen LogP contribution in [0.5, 0.6) is 0 Å². The van der Waals surface area contributed by atoms with E-state index >= 15 is 0 Å². The highest BCUT2D eigenvalue weighted by molar-refractivity contribution is 9.10. The number of hydrogen-bond donors (Lipinski definition) is 1. The van der Waals surface area contributed by atoms with Crippen LogP contribution in [0.4, 0.5) is 4.39 Å². The quantitative estimate of drug-likeness (QED) is 0.903. The number of benzene rings is 1. The zero-order valence-corrected chi connectivity index (χ0v) is 12.7. The van der Waals surface area contributed by atoms with E-state index in [1.54, 1.807) is 12.1 Å². The first kappa shape index (κ1) is 14.5. The fourth-order valence-electron chi connectivity index (χ4n) is 2.47. The Morgan fingerprint density at radius 2 is 2.05 bits per heavy atom. The second-order valence-electron chi connectivity index (χ2n) is 5.19. The largest absolute Gasteiger partial charge is 0.339 e. The van der Waals surface area contributed by atoms with Gasteiger partial charge in [0.25, 0.3) is 0 Å². The lowest BCUT2D eigenvalue weighted by Gasteiger charge is -2.36. The molecule has 2 rings (SSSR count). The maximum atomic E-state index is 13.1. The van der Waals surface area contributed by atoms with Crippen molar-refractivity contribution in [2.24, 2.45) is 0 Å². The predicted molar refractivity (Wildman–Crippen MR) is 76.4 cm³/mol. The highest BCUT2D eigenvalue weighted by Crippen LogP contribution is 2.18.